The Balaban J connectivity index is 1.17. The Labute approximate surface area is 672 Å². The Bertz CT molecular complexity index is 3060. The predicted molar refractivity (Wildman–Crippen MR) is 430 cm³/mol. The molecule has 2 aliphatic heterocycles. The lowest BCUT2D eigenvalue weighted by Crippen LogP contribution is -2.71. The molecule has 5 aliphatic carbocycles. The Hall–Kier alpha value is -5.59. The average Bonchev–Trinajstić information content (AvgIpc) is 0.671. The molecule has 112 heavy (non-hydrogen) atoms. The number of ketones is 1. The molecule has 7 rings (SSSR count). The average molecular weight is 1580 g/mol. The van der Waals surface area contributed by atoms with E-state index in [1.807, 2.05) is 6.08 Å². The second-order valence-corrected chi connectivity index (χ2v) is 36.3. The summed E-state index contributed by atoms with van der Waals surface area (Å²) in [5, 5.41) is 18.0. The lowest BCUT2D eigenvalue weighted by atomic mass is 9.33. The van der Waals surface area contributed by atoms with E-state index in [0.717, 1.165) is 144 Å². The number of allylic oxidation sites excluding steroid dienone is 2. The van der Waals surface area contributed by atoms with Gasteiger partial charge in [-0.05, 0) is 129 Å². The van der Waals surface area contributed by atoms with E-state index in [1.54, 1.807) is 0 Å². The van der Waals surface area contributed by atoms with Crippen molar-refractivity contribution in [3.05, 3.63) is 11.6 Å². The first-order chi connectivity index (χ1) is 53.3. The van der Waals surface area contributed by atoms with Gasteiger partial charge in [-0.15, -0.1) is 0 Å². The molecule has 0 unspecified atom stereocenters. The quantitative estimate of drug-likeness (QED) is 0.0143. The maximum absolute atomic E-state index is 15.9. The first-order valence-electron chi connectivity index (χ1n) is 44.2. The molecule has 6 amide bonds. The number of urea groups is 3. The molecule has 24 nitrogen and oxygen atoms in total. The number of carbonyl (C=O) groups is 9. The highest BCUT2D eigenvalue weighted by molar-refractivity contribution is 5.95. The normalized spacial score (nSPS) is 32.5. The van der Waals surface area contributed by atoms with Gasteiger partial charge in [0.1, 0.15) is 0 Å². The molecule has 7 aliphatic rings. The molecule has 2 saturated heterocycles. The van der Waals surface area contributed by atoms with Crippen LogP contribution in [0.5, 0.6) is 0 Å². The van der Waals surface area contributed by atoms with Crippen molar-refractivity contribution in [2.75, 3.05) is 19.6 Å². The first-order valence-corrected chi connectivity index (χ1v) is 44.2. The lowest BCUT2D eigenvalue weighted by Gasteiger charge is -2.70. The Kier molecular flexibility index (Phi) is 37.3. The number of fused-ring (bicyclic) bond motifs is 7. The Morgan fingerprint density at radius 3 is 1.22 bits per heavy atom. The largest absolute Gasteiger partial charge is 0.455 e. The van der Waals surface area contributed by atoms with Crippen molar-refractivity contribution in [1.29, 1.82) is 0 Å². The number of nitrogens with one attached hydrogen (secondary N) is 6. The number of carbonyl (C=O) groups excluding carboxylic acids is 9. The third kappa shape index (κ3) is 25.7. The summed E-state index contributed by atoms with van der Waals surface area (Å²) in [5.41, 5.74) is -1.43. The number of ether oxygens (including phenoxy) is 9. The second kappa shape index (κ2) is 44.7. The molecule has 2 heterocycles. The molecule has 640 valence electrons. The third-order valence-electron chi connectivity index (χ3n) is 27.0. The second-order valence-electron chi connectivity index (χ2n) is 36.3. The topological polar surface area (TPSA) is 309 Å². The predicted octanol–water partition coefficient (Wildman–Crippen LogP) is 17.2. The summed E-state index contributed by atoms with van der Waals surface area (Å²) in [7, 11) is 0. The maximum atomic E-state index is 15.9. The minimum Gasteiger partial charge on any atom is -0.455 e. The molecule has 0 aromatic heterocycles. The van der Waals surface area contributed by atoms with Crippen molar-refractivity contribution in [3.8, 4) is 0 Å². The van der Waals surface area contributed by atoms with Gasteiger partial charge < -0.3 is 74.5 Å². The van der Waals surface area contributed by atoms with Gasteiger partial charge in [-0.25, -0.2) is 14.4 Å². The number of hydrogen-bond donors (Lipinski definition) is 6. The van der Waals surface area contributed by atoms with Gasteiger partial charge in [0.05, 0.1) is 6.10 Å². The molecule has 0 aromatic rings. The molecule has 0 spiro atoms. The number of esters is 5. The summed E-state index contributed by atoms with van der Waals surface area (Å²) in [4.78, 5) is 125. The van der Waals surface area contributed by atoms with Crippen LogP contribution >= 0.6 is 0 Å². The van der Waals surface area contributed by atoms with Gasteiger partial charge in [0, 0.05) is 65.7 Å². The fourth-order valence-electron chi connectivity index (χ4n) is 20.8. The number of rotatable bonds is 45. The smallest absolute Gasteiger partial charge is 0.316 e. The van der Waals surface area contributed by atoms with Crippen LogP contribution in [-0.4, -0.2) is 147 Å². The van der Waals surface area contributed by atoms with Crippen LogP contribution in [0.25, 0.3) is 0 Å². The molecule has 0 bridgehead atoms. The van der Waals surface area contributed by atoms with E-state index in [-0.39, 0.29) is 46.9 Å². The van der Waals surface area contributed by atoms with Crippen molar-refractivity contribution in [1.82, 2.24) is 31.9 Å². The van der Waals surface area contributed by atoms with E-state index < -0.39 is 131 Å². The lowest BCUT2D eigenvalue weighted by molar-refractivity contribution is -0.378. The number of unbranched alkanes of at least 4 members (excludes halogenated alkanes) is 27. The van der Waals surface area contributed by atoms with E-state index in [1.165, 1.54) is 121 Å². The van der Waals surface area contributed by atoms with E-state index in [9.17, 15) is 38.4 Å². The van der Waals surface area contributed by atoms with Crippen molar-refractivity contribution in [2.24, 2.45) is 44.8 Å². The van der Waals surface area contributed by atoms with Gasteiger partial charge in [-0.3, -0.25) is 28.8 Å². The fraction of sp³-hybridized carbons (Fsp3) is 0.875. The van der Waals surface area contributed by atoms with E-state index in [4.69, 9.17) is 42.6 Å². The molecule has 19 atom stereocenters. The maximum Gasteiger partial charge on any atom is 0.316 e. The number of hydrogen-bond acceptors (Lipinski definition) is 18. The molecule has 0 radical (unpaired) electrons. The highest BCUT2D eigenvalue weighted by Gasteiger charge is 2.71. The van der Waals surface area contributed by atoms with Gasteiger partial charge in [0.2, 0.25) is 6.29 Å². The number of amides is 6. The molecule has 6 N–H and O–H groups in total. The Morgan fingerprint density at radius 2 is 0.795 bits per heavy atom. The van der Waals surface area contributed by atoms with Crippen LogP contribution < -0.4 is 31.9 Å². The van der Waals surface area contributed by atoms with E-state index in [2.05, 4.69) is 101 Å². The van der Waals surface area contributed by atoms with Crippen molar-refractivity contribution in [3.63, 3.8) is 0 Å². The SMILES string of the molecule is CCCCCCCCCCCCNC(=O)N[C@@H]1O[C@@H](O[C@H]2[C@H](O[C@H]3CC[C@]4(C)[C@H]5C(=O)C=C6[C@@H]7C[C@@](C)(NC(=O)NCCCCCCCCCCCC)CC[C@]7(C)CC[C@@]6(C)[C@]5(C)CC[C@H]4C3(C)C)O[C@H](NC(=O)NCCCCCCCCCCCC)[C@@H](OC(C)=O)[C@@H]2OC(C)=O)[C@H](OC(C)=O)[C@@H](OC(C)=O)[C@@H]1OC(C)=O. The van der Waals surface area contributed by atoms with Crippen LogP contribution in [0.3, 0.4) is 0 Å². The van der Waals surface area contributed by atoms with E-state index in [0.29, 0.717) is 38.8 Å². The molecule has 4 saturated carbocycles. The molecular formula is C88H150N6O18. The van der Waals surface area contributed by atoms with Crippen molar-refractivity contribution in [2.45, 2.75) is 428 Å². The Morgan fingerprint density at radius 1 is 0.420 bits per heavy atom. The fourth-order valence-corrected chi connectivity index (χ4v) is 20.8. The van der Waals surface area contributed by atoms with Gasteiger partial charge in [-0.2, -0.15) is 0 Å². The summed E-state index contributed by atoms with van der Waals surface area (Å²) in [6.45, 7) is 29.3. The van der Waals surface area contributed by atoms with Gasteiger partial charge >= 0.3 is 47.9 Å². The summed E-state index contributed by atoms with van der Waals surface area (Å²) in [5.74, 6) is -4.71. The zero-order valence-electron chi connectivity index (χ0n) is 71.7. The summed E-state index contributed by atoms with van der Waals surface area (Å²) >= 11 is 0. The molecule has 24 heteroatoms. The molecule has 0 aromatic carbocycles. The van der Waals surface area contributed by atoms with Crippen LogP contribution in [0.15, 0.2) is 11.6 Å². The molecule has 6 fully saturated rings. The van der Waals surface area contributed by atoms with Crippen LogP contribution in [-0.2, 0) is 71.4 Å². The highest BCUT2D eigenvalue weighted by atomic mass is 16.8. The first kappa shape index (κ1) is 93.6. The zero-order valence-corrected chi connectivity index (χ0v) is 71.7. The summed E-state index contributed by atoms with van der Waals surface area (Å²) in [6.07, 6.45) is 24.9. The standard InChI is InChI=1S/C88H150N6O18/c1-16-19-22-25-28-31-34-37-40-43-54-89-80(101)92-76-72(107-62(7)98)70(105-60(5)96)74(110-79-73(108-63(8)99)69(104-59(4)95)71(106-61(6)97)77(112-79)93-81(102)90-55-44-41-38-35-32-29-26-23-20-17-2)78(111-76)109-68-47-48-86(13)67(83(68,9)10)46-49-88(15)75(86)66(100)57-64-65-58-85(12,52-50-84(65,11)51-53-87(64,88)14)94-82(103)91-56-45-42-39-36-33-30-27-24-21-18-3/h57,65,67-79H,16-56,58H2,1-15H3,(H2,89,92,101)(H2,90,93,102)(H2,91,94,103)/t65-,67-,68-,69-,70-,71-,72-,73+,74+,75+,76-,77+,78+,79+,84+,85-,86-,87+,88+/m0/s1. The van der Waals surface area contributed by atoms with E-state index >= 15 is 4.79 Å². The summed E-state index contributed by atoms with van der Waals surface area (Å²) in [6, 6.07) is -1.56. The van der Waals surface area contributed by atoms with Crippen molar-refractivity contribution < 1.29 is 85.8 Å². The van der Waals surface area contributed by atoms with Gasteiger partial charge in [0.25, 0.3) is 0 Å². The van der Waals surface area contributed by atoms with Gasteiger partial charge in [0.15, 0.2) is 61.2 Å². The monoisotopic (exact) mass is 1580 g/mol. The van der Waals surface area contributed by atoms with Crippen LogP contribution in [0, 0.1) is 44.8 Å². The minimum absolute atomic E-state index is 0.0527. The van der Waals surface area contributed by atoms with Crippen LogP contribution in [0.4, 0.5) is 14.4 Å². The summed E-state index contributed by atoms with van der Waals surface area (Å²) < 4.78 is 57.8. The highest BCUT2D eigenvalue weighted by Crippen LogP contribution is 2.75. The van der Waals surface area contributed by atoms with Crippen LogP contribution in [0.1, 0.15) is 354 Å². The zero-order chi connectivity index (χ0) is 81.9. The molecular weight excluding hydrogens is 1430 g/mol. The van der Waals surface area contributed by atoms with Crippen molar-refractivity contribution >= 4 is 53.7 Å². The van der Waals surface area contributed by atoms with Gasteiger partial charge in [-0.1, -0.05) is 241 Å². The third-order valence-corrected chi connectivity index (χ3v) is 27.0. The minimum atomic E-state index is -1.92. The van der Waals surface area contributed by atoms with Crippen LogP contribution in [0.2, 0.25) is 0 Å².